The second-order valence-corrected chi connectivity index (χ2v) is 8.93. The van der Waals surface area contributed by atoms with Crippen molar-refractivity contribution in [2.24, 2.45) is 0 Å². The van der Waals surface area contributed by atoms with Crippen LogP contribution in [0.1, 0.15) is 49.9 Å². The number of rotatable bonds is 7. The van der Waals surface area contributed by atoms with E-state index >= 15 is 0 Å². The molecule has 7 nitrogen and oxygen atoms in total. The topological polar surface area (TPSA) is 66.9 Å². The van der Waals surface area contributed by atoms with Gasteiger partial charge in [-0.2, -0.15) is 13.2 Å². The molecule has 182 valence electrons. The normalized spacial score (nSPS) is 19.4. The van der Waals surface area contributed by atoms with Gasteiger partial charge in [-0.3, -0.25) is 19.3 Å². The van der Waals surface area contributed by atoms with Gasteiger partial charge in [0.1, 0.15) is 19.6 Å². The fourth-order valence-corrected chi connectivity index (χ4v) is 4.43. The van der Waals surface area contributed by atoms with Gasteiger partial charge in [-0.15, -0.1) is 4.65 Å². The number of nitrogens with zero attached hydrogens (tertiary/aromatic N) is 3. The molecule has 33 heavy (non-hydrogen) atoms. The molecule has 0 unspecified atom stereocenters. The van der Waals surface area contributed by atoms with E-state index in [1.165, 1.54) is 0 Å². The summed E-state index contributed by atoms with van der Waals surface area (Å²) >= 11 is 0. The van der Waals surface area contributed by atoms with Crippen LogP contribution in [0.15, 0.2) is 24.3 Å². The molecule has 1 saturated heterocycles. The van der Waals surface area contributed by atoms with E-state index in [9.17, 15) is 27.6 Å². The summed E-state index contributed by atoms with van der Waals surface area (Å²) in [5, 5.41) is 0. The minimum Gasteiger partial charge on any atom is -0.312 e. The summed E-state index contributed by atoms with van der Waals surface area (Å²) in [7, 11) is 0. The predicted molar refractivity (Wildman–Crippen MR) is 115 cm³/mol. The Labute approximate surface area is 191 Å². The Morgan fingerprint density at radius 3 is 2.39 bits per heavy atom. The summed E-state index contributed by atoms with van der Waals surface area (Å²) in [6.45, 7) is 6.22. The Bertz CT molecular complexity index is 880. The van der Waals surface area contributed by atoms with Crippen LogP contribution >= 0.6 is 0 Å². The van der Waals surface area contributed by atoms with Gasteiger partial charge in [-0.25, -0.2) is 4.79 Å². The zero-order chi connectivity index (χ0) is 24.2. The molecule has 0 N–H and O–H groups in total. The van der Waals surface area contributed by atoms with Crippen LogP contribution in [0.3, 0.4) is 0 Å². The molecule has 1 aromatic rings. The van der Waals surface area contributed by atoms with Crippen molar-refractivity contribution in [1.29, 1.82) is 0 Å². The molecular weight excluding hydrogens is 439 g/mol. The summed E-state index contributed by atoms with van der Waals surface area (Å²) in [6, 6.07) is 7.21. The molecule has 0 saturated carbocycles. The van der Waals surface area contributed by atoms with Crippen molar-refractivity contribution in [2.45, 2.75) is 51.7 Å². The van der Waals surface area contributed by atoms with Crippen LogP contribution in [0.2, 0.25) is 0 Å². The summed E-state index contributed by atoms with van der Waals surface area (Å²) in [4.78, 5) is 45.3. The average molecular weight is 471 g/mol. The molecule has 0 atom stereocenters. The number of para-hydroxylation sites is 1. The molecule has 0 aromatic heterocycles. The van der Waals surface area contributed by atoms with Crippen molar-refractivity contribution in [3.63, 3.8) is 0 Å². The molecule has 1 aromatic carbocycles. The molecule has 1 fully saturated rings. The maximum atomic E-state index is 12.9. The van der Waals surface area contributed by atoms with Crippen molar-refractivity contribution in [3.8, 4) is 0 Å². The van der Waals surface area contributed by atoms with Crippen LogP contribution < -0.4 is 4.90 Å². The number of carbonyl (C=O) groups excluding carboxylic acids is 3. The molecule has 1 amide bonds. The number of anilines is 1. The number of ketones is 1. The van der Waals surface area contributed by atoms with E-state index in [-0.39, 0.29) is 54.9 Å². The first-order valence-electron chi connectivity index (χ1n) is 11.4. The second kappa shape index (κ2) is 10.2. The molecule has 2 aliphatic rings. The predicted octanol–water partition coefficient (Wildman–Crippen LogP) is 3.34. The van der Waals surface area contributed by atoms with Crippen LogP contribution in [0.4, 0.5) is 18.9 Å². The molecule has 2 aliphatic heterocycles. The number of alkyl halides is 3. The van der Waals surface area contributed by atoms with E-state index in [2.05, 4.69) is 4.90 Å². The number of quaternary nitrogens is 1. The number of unbranched alkanes of at least 4 members (excludes halogenated alkanes) is 1. The first kappa shape index (κ1) is 25.2. The third kappa shape index (κ3) is 6.11. The fraction of sp³-hybridized carbons (Fsp3) is 0.609. The van der Waals surface area contributed by atoms with Gasteiger partial charge in [-0.05, 0) is 32.4 Å². The van der Waals surface area contributed by atoms with E-state index in [1.807, 2.05) is 13.8 Å². The summed E-state index contributed by atoms with van der Waals surface area (Å²) in [5.41, 5.74) is 1.08. The summed E-state index contributed by atoms with van der Waals surface area (Å²) in [6.07, 6.45) is -3.79. The van der Waals surface area contributed by atoms with Crippen molar-refractivity contribution in [1.82, 2.24) is 4.90 Å². The molecule has 10 heteroatoms. The van der Waals surface area contributed by atoms with Crippen LogP contribution in [-0.2, 0) is 14.4 Å². The standard InChI is InChI=1S/C23H31F3N3O4/c1-17(2)27-12-15-29(16-13-27,33-22(32)23(24,25)26)14-6-5-11-28-19-8-4-3-7-18(19)20(30)9-10-21(28)31/h3-4,7-8,17H,5-6,9-16H2,1-2H3/q+1. The van der Waals surface area contributed by atoms with Crippen LogP contribution in [-0.4, -0.2) is 78.7 Å². The zero-order valence-electron chi connectivity index (χ0n) is 19.1. The third-order valence-corrected chi connectivity index (χ3v) is 6.39. The molecule has 3 rings (SSSR count). The molecular formula is C23H31F3N3O4+. The van der Waals surface area contributed by atoms with Crippen molar-refractivity contribution >= 4 is 23.3 Å². The van der Waals surface area contributed by atoms with Crippen LogP contribution in [0.5, 0.6) is 0 Å². The minimum atomic E-state index is -5.05. The molecule has 0 bridgehead atoms. The first-order valence-corrected chi connectivity index (χ1v) is 11.4. The van der Waals surface area contributed by atoms with Gasteiger partial charge in [0.15, 0.2) is 5.78 Å². The Morgan fingerprint density at radius 2 is 1.76 bits per heavy atom. The maximum Gasteiger partial charge on any atom is 0.497 e. The summed E-state index contributed by atoms with van der Waals surface area (Å²) in [5.74, 6) is -2.39. The number of benzene rings is 1. The molecule has 0 radical (unpaired) electrons. The van der Waals surface area contributed by atoms with Gasteiger partial charge in [0.2, 0.25) is 5.91 Å². The van der Waals surface area contributed by atoms with E-state index < -0.39 is 12.1 Å². The number of carbonyl (C=O) groups is 3. The highest BCUT2D eigenvalue weighted by molar-refractivity contribution is 6.10. The van der Waals surface area contributed by atoms with Crippen molar-refractivity contribution < 1.29 is 37.0 Å². The van der Waals surface area contributed by atoms with Gasteiger partial charge in [0.05, 0.1) is 18.8 Å². The lowest BCUT2D eigenvalue weighted by Gasteiger charge is -2.42. The molecule has 0 aliphatic carbocycles. The number of hydrogen-bond acceptors (Lipinski definition) is 5. The fourth-order valence-electron chi connectivity index (χ4n) is 4.43. The number of Topliss-reactive ketones (excluding diaryl/α,β-unsaturated/α-hetero) is 1. The van der Waals surface area contributed by atoms with Crippen LogP contribution in [0.25, 0.3) is 0 Å². The number of fused-ring (bicyclic) bond motifs is 1. The highest BCUT2D eigenvalue weighted by Crippen LogP contribution is 2.28. The van der Waals surface area contributed by atoms with E-state index in [0.29, 0.717) is 43.7 Å². The Morgan fingerprint density at radius 1 is 1.09 bits per heavy atom. The number of hydroxylamine groups is 3. The average Bonchev–Trinajstić information content (AvgIpc) is 2.88. The SMILES string of the molecule is CC(C)N1CC[N+](CCCCN2C(=O)CCC(=O)c3ccccc32)(OC(=O)C(F)(F)F)CC1. The third-order valence-electron chi connectivity index (χ3n) is 6.39. The lowest BCUT2D eigenvalue weighted by Crippen LogP contribution is -2.62. The lowest BCUT2D eigenvalue weighted by atomic mass is 10.1. The quantitative estimate of drug-likeness (QED) is 0.452. The highest BCUT2D eigenvalue weighted by atomic mass is 19.4. The van der Waals surface area contributed by atoms with E-state index in [4.69, 9.17) is 4.84 Å². The Kier molecular flexibility index (Phi) is 7.79. The molecule has 0 spiro atoms. The monoisotopic (exact) mass is 470 g/mol. The zero-order valence-corrected chi connectivity index (χ0v) is 19.1. The Hall–Kier alpha value is -2.46. The van der Waals surface area contributed by atoms with Crippen LogP contribution in [0, 0.1) is 0 Å². The van der Waals surface area contributed by atoms with Crippen molar-refractivity contribution in [2.75, 3.05) is 44.2 Å². The van der Waals surface area contributed by atoms with Gasteiger partial charge < -0.3 is 4.90 Å². The summed E-state index contributed by atoms with van der Waals surface area (Å²) < 4.78 is 38.3. The van der Waals surface area contributed by atoms with Crippen molar-refractivity contribution in [3.05, 3.63) is 29.8 Å². The van der Waals surface area contributed by atoms with E-state index in [0.717, 1.165) is 0 Å². The number of halogens is 3. The largest absolute Gasteiger partial charge is 0.497 e. The second-order valence-electron chi connectivity index (χ2n) is 8.93. The van der Waals surface area contributed by atoms with Gasteiger partial charge in [0.25, 0.3) is 0 Å². The van der Waals surface area contributed by atoms with Gasteiger partial charge >= 0.3 is 12.1 Å². The van der Waals surface area contributed by atoms with Gasteiger partial charge in [0, 0.05) is 37.4 Å². The molecule has 2 heterocycles. The number of amides is 1. The maximum absolute atomic E-state index is 12.9. The van der Waals surface area contributed by atoms with E-state index in [1.54, 1.807) is 29.2 Å². The lowest BCUT2D eigenvalue weighted by molar-refractivity contribution is -1.09. The number of hydrogen-bond donors (Lipinski definition) is 0. The highest BCUT2D eigenvalue weighted by Gasteiger charge is 2.49. The smallest absolute Gasteiger partial charge is 0.312 e. The van der Waals surface area contributed by atoms with Gasteiger partial charge in [-0.1, -0.05) is 12.1 Å². The number of piperazine rings is 1. The first-order chi connectivity index (χ1) is 15.5. The Balaban J connectivity index is 1.65. The minimum absolute atomic E-state index is 0.0759.